The molecule has 3 amide bonds. The number of hydrogen-bond acceptors (Lipinski definition) is 10. The number of fused-ring (bicyclic) bond motifs is 3. The van der Waals surface area contributed by atoms with Gasteiger partial charge in [0.25, 0.3) is 11.5 Å². The molecule has 5 aromatic heterocycles. The molecule has 304 valence electrons. The van der Waals surface area contributed by atoms with Crippen LogP contribution >= 0.6 is 0 Å². The molecule has 1 unspecified atom stereocenters. The number of benzene rings is 1. The Morgan fingerprint density at radius 3 is 2.60 bits per heavy atom. The number of carbonyl (C=O) groups excluding carboxylic acids is 3. The molecule has 13 nitrogen and oxygen atoms in total. The number of halogens is 2. The van der Waals surface area contributed by atoms with Gasteiger partial charge < -0.3 is 14.6 Å². The molecule has 15 heteroatoms. The van der Waals surface area contributed by atoms with Gasteiger partial charge in [0.1, 0.15) is 16.9 Å². The van der Waals surface area contributed by atoms with Crippen LogP contribution in [0.4, 0.5) is 20.2 Å². The van der Waals surface area contributed by atoms with Crippen LogP contribution in [-0.4, -0.2) is 61.2 Å². The number of hydrogen-bond donors (Lipinski definition) is 2. The average Bonchev–Trinajstić information content (AvgIpc) is 3.67. The van der Waals surface area contributed by atoms with E-state index in [4.69, 9.17) is 19.4 Å². The lowest BCUT2D eigenvalue weighted by Gasteiger charge is -2.33. The van der Waals surface area contributed by atoms with Crippen LogP contribution in [0, 0.1) is 18.8 Å². The Labute approximate surface area is 342 Å². The van der Waals surface area contributed by atoms with Crippen LogP contribution < -0.4 is 21.1 Å². The molecule has 1 atom stereocenters. The zero-order valence-corrected chi connectivity index (χ0v) is 33.0. The Kier molecular flexibility index (Phi) is 9.94. The lowest BCUT2D eigenvalue weighted by atomic mass is 9.84. The Bertz CT molecular complexity index is 2850. The van der Waals surface area contributed by atoms with Gasteiger partial charge in [0.15, 0.2) is 11.6 Å². The van der Waals surface area contributed by atoms with Gasteiger partial charge in [0, 0.05) is 78.6 Å². The van der Waals surface area contributed by atoms with Crippen LogP contribution in [0.1, 0.15) is 95.5 Å². The smallest absolute Gasteiger partial charge is 0.270 e. The summed E-state index contributed by atoms with van der Waals surface area (Å²) >= 11 is 0. The number of aryl methyl sites for hydroxylation is 3. The predicted molar refractivity (Wildman–Crippen MR) is 219 cm³/mol. The van der Waals surface area contributed by atoms with Crippen LogP contribution in [0.25, 0.3) is 33.4 Å². The van der Waals surface area contributed by atoms with Crippen LogP contribution in [0.2, 0.25) is 0 Å². The van der Waals surface area contributed by atoms with E-state index in [0.29, 0.717) is 71.9 Å². The molecule has 0 radical (unpaired) electrons. The zero-order chi connectivity index (χ0) is 41.7. The van der Waals surface area contributed by atoms with Crippen molar-refractivity contribution < 1.29 is 27.6 Å². The summed E-state index contributed by atoms with van der Waals surface area (Å²) in [5, 5.41) is 6.69. The number of furan rings is 1. The molecule has 0 bridgehead atoms. The van der Waals surface area contributed by atoms with E-state index in [-0.39, 0.29) is 54.8 Å². The first kappa shape index (κ1) is 38.7. The largest absolute Gasteiger partial charge is 0.448 e. The molecule has 1 aliphatic carbocycles. The number of pyridine rings is 3. The minimum atomic E-state index is -2.67. The monoisotopic (exact) mass is 810 g/mol. The molecule has 1 saturated carbocycles. The van der Waals surface area contributed by atoms with Gasteiger partial charge >= 0.3 is 0 Å². The van der Waals surface area contributed by atoms with Gasteiger partial charge in [-0.2, -0.15) is 0 Å². The minimum absolute atomic E-state index is 0.0322. The highest BCUT2D eigenvalue weighted by Gasteiger charge is 2.37. The second-order valence-electron chi connectivity index (χ2n) is 15.7. The fraction of sp³-hybridized carbons (Fsp3) is 0.333. The molecule has 2 N–H and O–H groups in total. The summed E-state index contributed by atoms with van der Waals surface area (Å²) in [5.74, 6) is 2.36. The lowest BCUT2D eigenvalue weighted by Crippen LogP contribution is -2.39. The van der Waals surface area contributed by atoms with E-state index in [1.807, 2.05) is 18.2 Å². The maximum atomic E-state index is 14.1. The Hall–Kier alpha value is -6.82. The summed E-state index contributed by atoms with van der Waals surface area (Å²) in [4.78, 5) is 71.1. The van der Waals surface area contributed by atoms with Gasteiger partial charge in [0.05, 0.1) is 35.7 Å². The number of alkyl halides is 2. The highest BCUT2D eigenvalue weighted by Crippen LogP contribution is 2.44. The third kappa shape index (κ3) is 7.38. The van der Waals surface area contributed by atoms with Gasteiger partial charge in [-0.25, -0.2) is 23.7 Å². The van der Waals surface area contributed by atoms with Gasteiger partial charge in [-0.15, -0.1) is 0 Å². The van der Waals surface area contributed by atoms with E-state index in [2.05, 4.69) is 32.4 Å². The predicted octanol–water partition coefficient (Wildman–Crippen LogP) is 6.52. The number of amides is 3. The first-order valence-electron chi connectivity index (χ1n) is 20.0. The molecule has 60 heavy (non-hydrogen) atoms. The van der Waals surface area contributed by atoms with E-state index >= 15 is 0 Å². The Balaban J connectivity index is 0.903. The molecule has 2 aliphatic heterocycles. The molecular weight excluding hydrogens is 771 g/mol. The molecule has 7 heterocycles. The van der Waals surface area contributed by atoms with E-state index in [0.717, 1.165) is 39.8 Å². The maximum Gasteiger partial charge on any atom is 0.270 e. The molecule has 2 fully saturated rings. The second-order valence-corrected chi connectivity index (χ2v) is 15.7. The van der Waals surface area contributed by atoms with Crippen molar-refractivity contribution in [3.05, 3.63) is 105 Å². The average molecular weight is 811 g/mol. The third-order valence-electron chi connectivity index (χ3n) is 11.7. The fourth-order valence-corrected chi connectivity index (χ4v) is 8.53. The first-order chi connectivity index (χ1) is 28.9. The Morgan fingerprint density at radius 1 is 0.983 bits per heavy atom. The first-order valence-corrected chi connectivity index (χ1v) is 20.0. The van der Waals surface area contributed by atoms with Gasteiger partial charge in [-0.3, -0.25) is 34.0 Å². The summed E-state index contributed by atoms with van der Waals surface area (Å²) in [6, 6.07) is 14.4. The second kappa shape index (κ2) is 15.4. The number of nitrogens with zero attached hydrogens (tertiary/aromatic N) is 6. The number of imide groups is 1. The number of carbonyl (C=O) groups is 3. The quantitative estimate of drug-likeness (QED) is 0.140. The van der Waals surface area contributed by atoms with Gasteiger partial charge in [-0.1, -0.05) is 18.1 Å². The van der Waals surface area contributed by atoms with Crippen LogP contribution in [-0.2, 0) is 23.1 Å². The molecule has 3 aliphatic rings. The minimum Gasteiger partial charge on any atom is -0.448 e. The third-order valence-corrected chi connectivity index (χ3v) is 11.7. The van der Waals surface area contributed by atoms with Crippen molar-refractivity contribution in [1.82, 2.24) is 35.1 Å². The van der Waals surface area contributed by atoms with Crippen LogP contribution in [0.3, 0.4) is 0 Å². The van der Waals surface area contributed by atoms with E-state index < -0.39 is 17.7 Å². The summed E-state index contributed by atoms with van der Waals surface area (Å²) in [5.41, 5.74) is 6.26. The normalized spacial score (nSPS) is 17.9. The van der Waals surface area contributed by atoms with Crippen molar-refractivity contribution >= 4 is 51.1 Å². The fourth-order valence-electron chi connectivity index (χ4n) is 8.53. The number of piperidine rings is 1. The van der Waals surface area contributed by atoms with Crippen molar-refractivity contribution in [1.29, 1.82) is 0 Å². The van der Waals surface area contributed by atoms with Gasteiger partial charge in [-0.05, 0) is 80.8 Å². The van der Waals surface area contributed by atoms with E-state index in [1.165, 1.54) is 4.57 Å². The number of aromatic nitrogens is 5. The summed E-state index contributed by atoms with van der Waals surface area (Å²) in [6.07, 6.45) is 5.76. The Morgan fingerprint density at radius 2 is 1.82 bits per heavy atom. The van der Waals surface area contributed by atoms with Crippen molar-refractivity contribution in [3.63, 3.8) is 0 Å². The number of anilines is 2. The van der Waals surface area contributed by atoms with Crippen LogP contribution in [0.15, 0.2) is 70.1 Å². The lowest BCUT2D eigenvalue weighted by molar-refractivity contribution is -0.134. The molecule has 1 saturated heterocycles. The van der Waals surface area contributed by atoms with E-state index in [1.54, 1.807) is 56.7 Å². The summed E-state index contributed by atoms with van der Waals surface area (Å²) in [6.45, 7) is 2.47. The zero-order valence-electron chi connectivity index (χ0n) is 33.0. The topological polar surface area (TPSA) is 165 Å². The van der Waals surface area contributed by atoms with Crippen LogP contribution in [0.5, 0.6) is 0 Å². The van der Waals surface area contributed by atoms with Crippen molar-refractivity contribution in [2.45, 2.75) is 76.0 Å². The highest BCUT2D eigenvalue weighted by molar-refractivity contribution is 6.03. The molecule has 0 spiro atoms. The standard InChI is InChI=1S/C45H40F2N8O5/c1-25-20-32-36(22-35(52-41(32)54(2)44(25)59)26-14-16-45(46,47)17-15-26)55-19-5-8-33-37(55)24-50-40(51-33)27-10-12-34(49-23-27)43(58)48-18-4-6-28-21-31-29(7-3-9-38(31)60-28)30-11-13-39(56)53-42(30)57/h3,7,9-10,12,20-24,26,30H,5,8,11,13-19H2,1-2H3,(H,48,58)(H,53,56,57). The SMILES string of the molecule is Cc1cc2c(N3CCCc4nc(-c5ccc(C(=O)NCC#Cc6cc7c(C8CCC(=O)NC8=O)cccc7o6)nc5)ncc43)cc(C3CCC(F)(F)CC3)nc2n(C)c1=O. The molecule has 6 aromatic rings. The molecule has 9 rings (SSSR count). The maximum absolute atomic E-state index is 14.1. The van der Waals surface area contributed by atoms with Crippen molar-refractivity contribution in [2.24, 2.45) is 7.05 Å². The van der Waals surface area contributed by atoms with E-state index in [9.17, 15) is 28.0 Å². The molecular formula is C45H40F2N8O5. The molecule has 1 aromatic carbocycles. The number of nitrogens with one attached hydrogen (secondary N) is 2. The highest BCUT2D eigenvalue weighted by atomic mass is 19.3. The van der Waals surface area contributed by atoms with Gasteiger partial charge in [0.2, 0.25) is 17.7 Å². The number of rotatable bonds is 6. The van der Waals surface area contributed by atoms with Crippen molar-refractivity contribution in [3.8, 4) is 23.2 Å². The summed E-state index contributed by atoms with van der Waals surface area (Å²) < 4.78 is 35.7. The van der Waals surface area contributed by atoms with Crippen molar-refractivity contribution in [2.75, 3.05) is 18.0 Å². The summed E-state index contributed by atoms with van der Waals surface area (Å²) in [7, 11) is 1.69.